The van der Waals surface area contributed by atoms with Crippen molar-refractivity contribution in [2.45, 2.75) is 0 Å². The van der Waals surface area contributed by atoms with Crippen LogP contribution in [0.15, 0.2) is 22.7 Å². The second kappa shape index (κ2) is 4.42. The molecule has 2 aromatic rings. The van der Waals surface area contributed by atoms with E-state index in [0.717, 1.165) is 11.7 Å². The number of benzene rings is 1. The summed E-state index contributed by atoms with van der Waals surface area (Å²) in [4.78, 5) is 0. The minimum atomic E-state index is -0.492. The number of ether oxygens (including phenoxy) is 1. The molecule has 0 N–H and O–H groups in total. The zero-order valence-electron chi connectivity index (χ0n) is 7.08. The largest absolute Gasteiger partial charge is 0.433 e. The molecule has 0 spiro atoms. The summed E-state index contributed by atoms with van der Waals surface area (Å²) in [6, 6.07) is 4.43. The summed E-state index contributed by atoms with van der Waals surface area (Å²) >= 11 is 9.70. The lowest BCUT2D eigenvalue weighted by Gasteiger charge is -2.03. The van der Waals surface area contributed by atoms with Gasteiger partial charge in [-0.05, 0) is 18.2 Å². The summed E-state index contributed by atoms with van der Waals surface area (Å²) in [5.41, 5.74) is 0. The number of hydrogen-bond acceptors (Lipinski definition) is 4. The normalized spacial score (nSPS) is 10.3. The van der Waals surface area contributed by atoms with Gasteiger partial charge in [-0.15, -0.1) is 4.37 Å². The Morgan fingerprint density at radius 2 is 2.20 bits per heavy atom. The van der Waals surface area contributed by atoms with Crippen molar-refractivity contribution in [2.75, 3.05) is 0 Å². The molecule has 1 aromatic heterocycles. The molecule has 1 heterocycles. The smallest absolute Gasteiger partial charge is 0.271 e. The topological polar surface area (TPSA) is 35.0 Å². The van der Waals surface area contributed by atoms with Gasteiger partial charge in [0.15, 0.2) is 11.6 Å². The summed E-state index contributed by atoms with van der Waals surface area (Å²) in [6.07, 6.45) is 0. The van der Waals surface area contributed by atoms with Gasteiger partial charge in [0.25, 0.3) is 5.88 Å². The van der Waals surface area contributed by atoms with E-state index in [4.69, 9.17) is 16.3 Å². The van der Waals surface area contributed by atoms with E-state index in [1.54, 1.807) is 6.07 Å². The Labute approximate surface area is 102 Å². The molecule has 1 aromatic carbocycles. The SMILES string of the molecule is Fc1cc(Br)ccc1Oc1nsnc1Cl. The second-order valence-electron chi connectivity index (χ2n) is 2.54. The van der Waals surface area contributed by atoms with Crippen molar-refractivity contribution < 1.29 is 9.13 Å². The standard InChI is InChI=1S/C8H3BrClFN2OS/c9-4-1-2-6(5(11)3-4)14-8-7(10)12-15-13-8/h1-3H. The molecule has 0 aliphatic carbocycles. The van der Waals surface area contributed by atoms with Crippen LogP contribution >= 0.6 is 39.3 Å². The molecule has 0 atom stereocenters. The maximum atomic E-state index is 13.3. The Kier molecular flexibility index (Phi) is 3.18. The fourth-order valence-electron chi connectivity index (χ4n) is 0.893. The molecule has 78 valence electrons. The maximum Gasteiger partial charge on any atom is 0.271 e. The van der Waals surface area contributed by atoms with E-state index >= 15 is 0 Å². The highest BCUT2D eigenvalue weighted by Gasteiger charge is 2.11. The second-order valence-corrected chi connectivity index (χ2v) is 4.34. The summed E-state index contributed by atoms with van der Waals surface area (Å²) in [5.74, 6) is -0.316. The predicted octanol–water partition coefficient (Wildman–Crippen LogP) is 3.89. The highest BCUT2D eigenvalue weighted by atomic mass is 79.9. The van der Waals surface area contributed by atoms with E-state index in [9.17, 15) is 4.39 Å². The maximum absolute atomic E-state index is 13.3. The average molecular weight is 310 g/mol. The van der Waals surface area contributed by atoms with Gasteiger partial charge in [-0.2, -0.15) is 4.37 Å². The summed E-state index contributed by atoms with van der Waals surface area (Å²) < 4.78 is 26.6. The highest BCUT2D eigenvalue weighted by molar-refractivity contribution is 9.10. The number of rotatable bonds is 2. The number of hydrogen-bond donors (Lipinski definition) is 0. The molecule has 0 bridgehead atoms. The van der Waals surface area contributed by atoms with Crippen LogP contribution in [0.25, 0.3) is 0 Å². The van der Waals surface area contributed by atoms with Crippen LogP contribution in [-0.4, -0.2) is 8.75 Å². The lowest BCUT2D eigenvalue weighted by molar-refractivity contribution is 0.431. The Hall–Kier alpha value is -0.720. The van der Waals surface area contributed by atoms with Gasteiger partial charge in [-0.3, -0.25) is 0 Å². The molecule has 3 nitrogen and oxygen atoms in total. The molecule has 0 saturated carbocycles. The van der Waals surface area contributed by atoms with Crippen molar-refractivity contribution >= 4 is 39.3 Å². The third kappa shape index (κ3) is 2.45. The van der Waals surface area contributed by atoms with E-state index in [-0.39, 0.29) is 16.8 Å². The molecule has 0 amide bonds. The van der Waals surface area contributed by atoms with E-state index < -0.39 is 5.82 Å². The molecule has 0 saturated heterocycles. The van der Waals surface area contributed by atoms with Crippen LogP contribution in [0, 0.1) is 5.82 Å². The monoisotopic (exact) mass is 308 g/mol. The first-order valence-corrected chi connectivity index (χ1v) is 5.68. The molecule has 0 unspecified atom stereocenters. The van der Waals surface area contributed by atoms with Crippen molar-refractivity contribution in [3.05, 3.63) is 33.6 Å². The minimum Gasteiger partial charge on any atom is -0.433 e. The molecular weight excluding hydrogens is 307 g/mol. The Bertz CT molecular complexity index is 493. The van der Waals surface area contributed by atoms with Crippen LogP contribution < -0.4 is 4.74 Å². The first-order valence-electron chi connectivity index (χ1n) is 3.78. The van der Waals surface area contributed by atoms with Gasteiger partial charge < -0.3 is 4.74 Å². The van der Waals surface area contributed by atoms with Crippen LogP contribution in [0.2, 0.25) is 5.15 Å². The van der Waals surface area contributed by atoms with Crippen molar-refractivity contribution in [1.29, 1.82) is 0 Å². The van der Waals surface area contributed by atoms with Crippen molar-refractivity contribution in [2.24, 2.45) is 0 Å². The van der Waals surface area contributed by atoms with E-state index in [1.807, 2.05) is 0 Å². The van der Waals surface area contributed by atoms with Crippen LogP contribution in [0.1, 0.15) is 0 Å². The number of nitrogens with zero attached hydrogens (tertiary/aromatic N) is 2. The van der Waals surface area contributed by atoms with E-state index in [0.29, 0.717) is 4.47 Å². The van der Waals surface area contributed by atoms with Gasteiger partial charge >= 0.3 is 0 Å². The molecule has 2 rings (SSSR count). The fraction of sp³-hybridized carbons (Fsp3) is 0. The number of halogens is 3. The lowest BCUT2D eigenvalue weighted by Crippen LogP contribution is -1.88. The molecule has 7 heteroatoms. The van der Waals surface area contributed by atoms with Crippen molar-refractivity contribution in [3.8, 4) is 11.6 Å². The van der Waals surface area contributed by atoms with Crippen LogP contribution in [0.3, 0.4) is 0 Å². The summed E-state index contributed by atoms with van der Waals surface area (Å²) in [6.45, 7) is 0. The number of aromatic nitrogens is 2. The van der Waals surface area contributed by atoms with Gasteiger partial charge in [-0.1, -0.05) is 27.5 Å². The van der Waals surface area contributed by atoms with Gasteiger partial charge in [0.2, 0.25) is 5.15 Å². The first kappa shape index (κ1) is 10.8. The van der Waals surface area contributed by atoms with Gasteiger partial charge in [0.1, 0.15) is 0 Å². The van der Waals surface area contributed by atoms with Gasteiger partial charge in [-0.25, -0.2) is 4.39 Å². The molecule has 0 fully saturated rings. The van der Waals surface area contributed by atoms with Gasteiger partial charge in [0, 0.05) is 4.47 Å². The van der Waals surface area contributed by atoms with Crippen LogP contribution in [0.4, 0.5) is 4.39 Å². The molecular formula is C8H3BrClFN2OS. The third-order valence-electron chi connectivity index (χ3n) is 1.52. The zero-order chi connectivity index (χ0) is 10.8. The molecule has 15 heavy (non-hydrogen) atoms. The fourth-order valence-corrected chi connectivity index (χ4v) is 1.84. The van der Waals surface area contributed by atoms with Crippen LogP contribution in [0.5, 0.6) is 11.6 Å². The quantitative estimate of drug-likeness (QED) is 0.844. The molecule has 0 aliphatic rings. The summed E-state index contributed by atoms with van der Waals surface area (Å²) in [5, 5.41) is 0.127. The van der Waals surface area contributed by atoms with Crippen molar-refractivity contribution in [1.82, 2.24) is 8.75 Å². The van der Waals surface area contributed by atoms with E-state index in [1.165, 1.54) is 12.1 Å². The van der Waals surface area contributed by atoms with Crippen LogP contribution in [-0.2, 0) is 0 Å². The predicted molar refractivity (Wildman–Crippen MR) is 59.1 cm³/mol. The zero-order valence-corrected chi connectivity index (χ0v) is 10.2. The average Bonchev–Trinajstić information content (AvgIpc) is 2.57. The summed E-state index contributed by atoms with van der Waals surface area (Å²) in [7, 11) is 0. The van der Waals surface area contributed by atoms with E-state index in [2.05, 4.69) is 24.7 Å². The Morgan fingerprint density at radius 3 is 2.80 bits per heavy atom. The lowest BCUT2D eigenvalue weighted by atomic mass is 10.3. The molecule has 0 aliphatic heterocycles. The Morgan fingerprint density at radius 1 is 1.40 bits per heavy atom. The first-order chi connectivity index (χ1) is 7.16. The van der Waals surface area contributed by atoms with Gasteiger partial charge in [0.05, 0.1) is 11.7 Å². The molecule has 0 radical (unpaired) electrons. The highest BCUT2D eigenvalue weighted by Crippen LogP contribution is 2.29. The van der Waals surface area contributed by atoms with Crippen molar-refractivity contribution in [3.63, 3.8) is 0 Å². The third-order valence-corrected chi connectivity index (χ3v) is 2.87. The minimum absolute atomic E-state index is 0.0628. The Balaban J connectivity index is 2.29.